The number of esters is 1. The summed E-state index contributed by atoms with van der Waals surface area (Å²) in [6.07, 6.45) is 10.3. The number of carbonyl (C=O) groups excluding carboxylic acids is 2. The number of ether oxygens (including phenoxy) is 2. The van der Waals surface area contributed by atoms with E-state index in [1.165, 1.54) is 6.08 Å². The number of halogens is 1. The van der Waals surface area contributed by atoms with E-state index in [9.17, 15) is 9.59 Å². The van der Waals surface area contributed by atoms with E-state index in [0.29, 0.717) is 43.4 Å². The van der Waals surface area contributed by atoms with Crippen LogP contribution in [0, 0.1) is 12.3 Å². The number of para-hydroxylation sites is 2. The first-order chi connectivity index (χ1) is 17.6. The largest absolute Gasteiger partial charge is 0.463 e. The van der Waals surface area contributed by atoms with Gasteiger partial charge in [0.15, 0.2) is 0 Å². The van der Waals surface area contributed by atoms with Crippen LogP contribution in [0.25, 0.3) is 0 Å². The van der Waals surface area contributed by atoms with Gasteiger partial charge < -0.3 is 24.6 Å². The Hall–Kier alpha value is -3.31. The molecule has 36 heavy (non-hydrogen) atoms. The molecule has 0 aromatic heterocycles. The van der Waals surface area contributed by atoms with Gasteiger partial charge in [0.1, 0.15) is 6.61 Å². The Kier molecular flexibility index (Phi) is 10.8. The van der Waals surface area contributed by atoms with E-state index in [-0.39, 0.29) is 18.5 Å². The summed E-state index contributed by atoms with van der Waals surface area (Å²) in [7, 11) is 0. The van der Waals surface area contributed by atoms with Crippen LogP contribution in [0.4, 0.5) is 17.1 Å². The van der Waals surface area contributed by atoms with Crippen molar-refractivity contribution in [2.75, 3.05) is 55.8 Å². The SMILES string of the molecule is C#CCOCCN1C(=O)c2ccc(Cl)cc2N(CCCCNC/C=C/C(=O)OCC)c2ccccc21. The average molecular weight is 510 g/mol. The Morgan fingerprint density at radius 1 is 1.11 bits per heavy atom. The molecular formula is C28H32ClN3O4. The highest BCUT2D eigenvalue weighted by atomic mass is 35.5. The zero-order chi connectivity index (χ0) is 25.8. The second kappa shape index (κ2) is 14.3. The molecule has 190 valence electrons. The molecule has 0 bridgehead atoms. The smallest absolute Gasteiger partial charge is 0.330 e. The molecule has 2 aromatic rings. The third-order valence-corrected chi connectivity index (χ3v) is 5.86. The maximum Gasteiger partial charge on any atom is 0.330 e. The fourth-order valence-electron chi connectivity index (χ4n) is 4.01. The number of terminal acetylenes is 1. The molecule has 3 rings (SSSR count). The van der Waals surface area contributed by atoms with Crippen LogP contribution in [0.2, 0.25) is 5.02 Å². The van der Waals surface area contributed by atoms with Gasteiger partial charge in [0.2, 0.25) is 0 Å². The van der Waals surface area contributed by atoms with Crippen molar-refractivity contribution in [3.8, 4) is 12.3 Å². The number of carbonyl (C=O) groups is 2. The van der Waals surface area contributed by atoms with E-state index in [2.05, 4.69) is 16.1 Å². The van der Waals surface area contributed by atoms with Crippen molar-refractivity contribution >= 4 is 40.5 Å². The summed E-state index contributed by atoms with van der Waals surface area (Å²) in [6.45, 7) is 5.17. The van der Waals surface area contributed by atoms with Crippen LogP contribution >= 0.6 is 11.6 Å². The maximum atomic E-state index is 13.6. The molecule has 0 saturated carbocycles. The van der Waals surface area contributed by atoms with E-state index >= 15 is 0 Å². The van der Waals surface area contributed by atoms with Crippen molar-refractivity contribution in [2.24, 2.45) is 0 Å². The predicted octanol–water partition coefficient (Wildman–Crippen LogP) is 4.58. The summed E-state index contributed by atoms with van der Waals surface area (Å²) in [5.41, 5.74) is 3.14. The Morgan fingerprint density at radius 2 is 1.89 bits per heavy atom. The van der Waals surface area contributed by atoms with Crippen molar-refractivity contribution in [1.82, 2.24) is 5.32 Å². The standard InChI is InChI=1S/C28H32ClN3O4/c1-3-19-35-20-18-32-25-11-6-5-10-24(25)31(26-21-22(29)13-14-23(26)28(32)34)17-8-7-15-30-16-9-12-27(33)36-4-2/h1,5-6,9-14,21,30H,4,7-8,15-20H2,2H3/b12-9+. The molecule has 0 radical (unpaired) electrons. The number of unbranched alkanes of at least 4 members (excludes halogenated alkanes) is 1. The lowest BCUT2D eigenvalue weighted by Gasteiger charge is -2.27. The van der Waals surface area contributed by atoms with Crippen molar-refractivity contribution < 1.29 is 19.1 Å². The van der Waals surface area contributed by atoms with Crippen molar-refractivity contribution in [2.45, 2.75) is 19.8 Å². The molecule has 2 aromatic carbocycles. The molecule has 1 aliphatic rings. The fourth-order valence-corrected chi connectivity index (χ4v) is 4.18. The normalized spacial score (nSPS) is 12.8. The number of anilines is 3. The highest BCUT2D eigenvalue weighted by Gasteiger charge is 2.30. The quantitative estimate of drug-likeness (QED) is 0.184. The molecule has 0 saturated heterocycles. The summed E-state index contributed by atoms with van der Waals surface area (Å²) >= 11 is 6.36. The summed E-state index contributed by atoms with van der Waals surface area (Å²) in [5, 5.41) is 3.88. The fraction of sp³-hybridized carbons (Fsp3) is 0.357. The molecule has 0 atom stereocenters. The van der Waals surface area contributed by atoms with Crippen LogP contribution in [0.1, 0.15) is 30.1 Å². The first-order valence-corrected chi connectivity index (χ1v) is 12.5. The second-order valence-electron chi connectivity index (χ2n) is 8.08. The minimum absolute atomic E-state index is 0.101. The molecule has 0 fully saturated rings. The lowest BCUT2D eigenvalue weighted by atomic mass is 10.1. The molecular weight excluding hydrogens is 478 g/mol. The first kappa shape index (κ1) is 27.3. The van der Waals surface area contributed by atoms with Gasteiger partial charge in [-0.2, -0.15) is 0 Å². The Labute approximate surface area is 218 Å². The number of fused-ring (bicyclic) bond motifs is 2. The topological polar surface area (TPSA) is 71.1 Å². The van der Waals surface area contributed by atoms with Gasteiger partial charge in [0, 0.05) is 30.7 Å². The van der Waals surface area contributed by atoms with Crippen LogP contribution in [0.15, 0.2) is 54.6 Å². The van der Waals surface area contributed by atoms with Gasteiger partial charge in [0.05, 0.1) is 35.8 Å². The zero-order valence-electron chi connectivity index (χ0n) is 20.5. The van der Waals surface area contributed by atoms with Crippen LogP contribution < -0.4 is 15.1 Å². The third kappa shape index (κ3) is 7.34. The van der Waals surface area contributed by atoms with Crippen LogP contribution in [0.3, 0.4) is 0 Å². The third-order valence-electron chi connectivity index (χ3n) is 5.62. The Balaban J connectivity index is 1.72. The highest BCUT2D eigenvalue weighted by molar-refractivity contribution is 6.31. The molecule has 0 spiro atoms. The maximum absolute atomic E-state index is 13.6. The zero-order valence-corrected chi connectivity index (χ0v) is 21.3. The van der Waals surface area contributed by atoms with Gasteiger partial charge in [-0.05, 0) is 56.6 Å². The van der Waals surface area contributed by atoms with E-state index in [1.807, 2.05) is 30.3 Å². The van der Waals surface area contributed by atoms with Gasteiger partial charge in [-0.25, -0.2) is 4.79 Å². The molecule has 1 amide bonds. The van der Waals surface area contributed by atoms with Gasteiger partial charge in [-0.15, -0.1) is 6.42 Å². The van der Waals surface area contributed by atoms with E-state index in [1.54, 1.807) is 30.0 Å². The lowest BCUT2D eigenvalue weighted by molar-refractivity contribution is -0.137. The molecule has 0 unspecified atom stereocenters. The summed E-state index contributed by atoms with van der Waals surface area (Å²) in [6, 6.07) is 13.2. The molecule has 1 N–H and O–H groups in total. The molecule has 7 nitrogen and oxygen atoms in total. The minimum Gasteiger partial charge on any atom is -0.463 e. The molecule has 1 heterocycles. The van der Waals surface area contributed by atoms with E-state index in [0.717, 1.165) is 36.4 Å². The number of benzene rings is 2. The van der Waals surface area contributed by atoms with Crippen LogP contribution in [-0.4, -0.2) is 57.9 Å². The predicted molar refractivity (Wildman–Crippen MR) is 144 cm³/mol. The lowest BCUT2D eigenvalue weighted by Crippen LogP contribution is -2.33. The van der Waals surface area contributed by atoms with Crippen LogP contribution in [-0.2, 0) is 14.3 Å². The molecule has 8 heteroatoms. The molecule has 1 aliphatic heterocycles. The summed E-state index contributed by atoms with van der Waals surface area (Å²) in [5.74, 6) is 2.02. The van der Waals surface area contributed by atoms with Crippen molar-refractivity contribution in [3.05, 3.63) is 65.2 Å². The monoisotopic (exact) mass is 509 g/mol. The van der Waals surface area contributed by atoms with E-state index in [4.69, 9.17) is 27.5 Å². The van der Waals surface area contributed by atoms with Crippen molar-refractivity contribution in [1.29, 1.82) is 0 Å². The first-order valence-electron chi connectivity index (χ1n) is 12.1. The number of nitrogens with zero attached hydrogens (tertiary/aromatic N) is 2. The Bertz CT molecular complexity index is 1110. The van der Waals surface area contributed by atoms with Gasteiger partial charge in [0.25, 0.3) is 5.91 Å². The van der Waals surface area contributed by atoms with Gasteiger partial charge in [-0.1, -0.05) is 35.7 Å². The average Bonchev–Trinajstić information content (AvgIpc) is 2.96. The molecule has 0 aliphatic carbocycles. The highest BCUT2D eigenvalue weighted by Crippen LogP contribution is 2.41. The number of hydrogen-bond acceptors (Lipinski definition) is 6. The van der Waals surface area contributed by atoms with Crippen LogP contribution in [0.5, 0.6) is 0 Å². The summed E-state index contributed by atoms with van der Waals surface area (Å²) < 4.78 is 10.3. The van der Waals surface area contributed by atoms with Gasteiger partial charge in [-0.3, -0.25) is 4.79 Å². The number of nitrogens with one attached hydrogen (secondary N) is 1. The number of hydrogen-bond donors (Lipinski definition) is 1. The van der Waals surface area contributed by atoms with E-state index < -0.39 is 0 Å². The number of amides is 1. The number of rotatable bonds is 13. The Morgan fingerprint density at radius 3 is 2.64 bits per heavy atom. The van der Waals surface area contributed by atoms with Gasteiger partial charge >= 0.3 is 5.97 Å². The summed E-state index contributed by atoms with van der Waals surface area (Å²) in [4.78, 5) is 28.9. The van der Waals surface area contributed by atoms with Crippen molar-refractivity contribution in [3.63, 3.8) is 0 Å². The second-order valence-corrected chi connectivity index (χ2v) is 8.52. The minimum atomic E-state index is -0.331.